The average Bonchev–Trinajstić information content (AvgIpc) is 2.90. The van der Waals surface area contributed by atoms with Gasteiger partial charge in [0.15, 0.2) is 11.6 Å². The molecule has 0 saturated carbocycles. The molecule has 21 heavy (non-hydrogen) atoms. The fourth-order valence-corrected chi connectivity index (χ4v) is 2.23. The van der Waals surface area contributed by atoms with Crippen molar-refractivity contribution in [2.75, 3.05) is 29.0 Å². The van der Waals surface area contributed by atoms with Crippen molar-refractivity contribution in [2.24, 2.45) is 0 Å². The van der Waals surface area contributed by atoms with Gasteiger partial charge in [-0.25, -0.2) is 0 Å². The highest BCUT2D eigenvalue weighted by molar-refractivity contribution is 6.03. The third-order valence-electron chi connectivity index (χ3n) is 3.44. The molecule has 1 aromatic carbocycles. The van der Waals surface area contributed by atoms with Gasteiger partial charge in [-0.05, 0) is 50.6 Å². The number of nitrogens with two attached hydrogens (primary N) is 1. The molecule has 0 aliphatic carbocycles. The lowest BCUT2D eigenvalue weighted by molar-refractivity contribution is 0.0997. The Morgan fingerprint density at radius 1 is 1.24 bits per heavy atom. The van der Waals surface area contributed by atoms with E-state index in [-0.39, 0.29) is 17.6 Å². The Morgan fingerprint density at radius 2 is 1.95 bits per heavy atom. The van der Waals surface area contributed by atoms with Crippen LogP contribution in [0.2, 0.25) is 0 Å². The van der Waals surface area contributed by atoms with E-state index in [1.54, 1.807) is 12.1 Å². The number of hydrogen-bond acceptors (Lipinski definition) is 4. The molecule has 3 N–H and O–H groups in total. The van der Waals surface area contributed by atoms with E-state index in [9.17, 15) is 4.79 Å². The van der Waals surface area contributed by atoms with E-state index < -0.39 is 0 Å². The maximum Gasteiger partial charge on any atom is 0.291 e. The van der Waals surface area contributed by atoms with Gasteiger partial charge in [-0.2, -0.15) is 0 Å². The molecule has 1 heterocycles. The van der Waals surface area contributed by atoms with E-state index in [0.29, 0.717) is 0 Å². The molecule has 0 bridgehead atoms. The number of amides is 1. The maximum atomic E-state index is 12.0. The van der Waals surface area contributed by atoms with Crippen LogP contribution in [-0.2, 0) is 0 Å². The van der Waals surface area contributed by atoms with Crippen LogP contribution in [0.3, 0.4) is 0 Å². The minimum Gasteiger partial charge on any atom is -0.436 e. The quantitative estimate of drug-likeness (QED) is 0.885. The van der Waals surface area contributed by atoms with Crippen molar-refractivity contribution < 1.29 is 9.21 Å². The summed E-state index contributed by atoms with van der Waals surface area (Å²) in [6, 6.07) is 9.11. The largest absolute Gasteiger partial charge is 0.436 e. The second-order valence-corrected chi connectivity index (χ2v) is 4.83. The molecule has 0 atom stereocenters. The van der Waals surface area contributed by atoms with Crippen LogP contribution >= 0.6 is 0 Å². The zero-order valence-corrected chi connectivity index (χ0v) is 12.6. The van der Waals surface area contributed by atoms with E-state index >= 15 is 0 Å². The Kier molecular flexibility index (Phi) is 4.52. The second-order valence-electron chi connectivity index (χ2n) is 4.83. The summed E-state index contributed by atoms with van der Waals surface area (Å²) >= 11 is 0. The third-order valence-corrected chi connectivity index (χ3v) is 3.44. The van der Waals surface area contributed by atoms with Gasteiger partial charge in [0.1, 0.15) is 0 Å². The molecule has 0 unspecified atom stereocenters. The molecule has 2 aromatic rings. The average molecular weight is 287 g/mol. The molecule has 0 aliphatic rings. The molecule has 5 heteroatoms. The highest BCUT2D eigenvalue weighted by Crippen LogP contribution is 2.23. The zero-order chi connectivity index (χ0) is 15.4. The van der Waals surface area contributed by atoms with E-state index in [1.807, 2.05) is 19.1 Å². The molecule has 112 valence electrons. The van der Waals surface area contributed by atoms with Crippen LogP contribution in [0.5, 0.6) is 0 Å². The molecular weight excluding hydrogens is 266 g/mol. The number of anilines is 3. The summed E-state index contributed by atoms with van der Waals surface area (Å²) in [5.41, 5.74) is 8.40. The van der Waals surface area contributed by atoms with E-state index in [4.69, 9.17) is 10.2 Å². The Hall–Kier alpha value is -2.43. The fourth-order valence-electron chi connectivity index (χ4n) is 2.23. The number of carbonyl (C=O) groups is 1. The normalized spacial score (nSPS) is 10.4. The topological polar surface area (TPSA) is 71.5 Å². The van der Waals surface area contributed by atoms with Crippen LogP contribution < -0.4 is 16.0 Å². The van der Waals surface area contributed by atoms with Gasteiger partial charge in [-0.3, -0.25) is 4.79 Å². The zero-order valence-electron chi connectivity index (χ0n) is 12.6. The molecule has 0 spiro atoms. The third kappa shape index (κ3) is 3.37. The second kappa shape index (κ2) is 6.35. The maximum absolute atomic E-state index is 12.0. The summed E-state index contributed by atoms with van der Waals surface area (Å²) in [6.45, 7) is 8.12. The van der Waals surface area contributed by atoms with Gasteiger partial charge in [0.05, 0.1) is 0 Å². The number of nitrogens with one attached hydrogen (secondary N) is 1. The number of benzene rings is 1. The molecular formula is C16H21N3O2. The summed E-state index contributed by atoms with van der Waals surface area (Å²) in [5, 5.41) is 2.84. The van der Waals surface area contributed by atoms with Gasteiger partial charge < -0.3 is 20.4 Å². The number of nitrogens with zero attached hydrogens (tertiary/aromatic N) is 1. The van der Waals surface area contributed by atoms with E-state index in [2.05, 4.69) is 30.1 Å². The van der Waals surface area contributed by atoms with Crippen LogP contribution in [0.25, 0.3) is 0 Å². The monoisotopic (exact) mass is 287 g/mol. The summed E-state index contributed by atoms with van der Waals surface area (Å²) in [4.78, 5) is 14.3. The van der Waals surface area contributed by atoms with E-state index in [1.165, 1.54) is 0 Å². The number of nitrogen functional groups attached to an aromatic ring is 1. The molecule has 5 nitrogen and oxygen atoms in total. The fraction of sp³-hybridized carbons (Fsp3) is 0.312. The molecule has 2 rings (SSSR count). The lowest BCUT2D eigenvalue weighted by Gasteiger charge is -2.22. The number of hydrogen-bond donors (Lipinski definition) is 2. The number of carbonyl (C=O) groups excluding carboxylic acids is 1. The molecule has 0 radical (unpaired) electrons. The predicted molar refractivity (Wildman–Crippen MR) is 85.8 cm³/mol. The van der Waals surface area contributed by atoms with Crippen molar-refractivity contribution in [1.29, 1.82) is 0 Å². The summed E-state index contributed by atoms with van der Waals surface area (Å²) in [6.07, 6.45) is 0. The van der Waals surface area contributed by atoms with Gasteiger partial charge in [0, 0.05) is 30.5 Å². The van der Waals surface area contributed by atoms with Gasteiger partial charge in [-0.1, -0.05) is 0 Å². The van der Waals surface area contributed by atoms with Crippen molar-refractivity contribution >= 4 is 23.2 Å². The van der Waals surface area contributed by atoms with Gasteiger partial charge in [0.2, 0.25) is 0 Å². The minimum atomic E-state index is -0.301. The number of rotatable bonds is 5. The minimum absolute atomic E-state index is 0.208. The van der Waals surface area contributed by atoms with Crippen molar-refractivity contribution in [3.8, 4) is 0 Å². The first-order valence-electron chi connectivity index (χ1n) is 7.07. The van der Waals surface area contributed by atoms with Crippen molar-refractivity contribution in [3.63, 3.8) is 0 Å². The molecule has 1 aromatic heterocycles. The number of aryl methyl sites for hydroxylation is 1. The first kappa shape index (κ1) is 15.0. The lowest BCUT2D eigenvalue weighted by Crippen LogP contribution is -2.22. The van der Waals surface area contributed by atoms with Crippen LogP contribution in [0, 0.1) is 6.92 Å². The molecule has 1 amide bonds. The molecule has 0 aliphatic heterocycles. The van der Waals surface area contributed by atoms with Crippen LogP contribution in [-0.4, -0.2) is 19.0 Å². The molecule has 0 saturated heterocycles. The smallest absolute Gasteiger partial charge is 0.291 e. The Balaban J connectivity index is 2.16. The summed E-state index contributed by atoms with van der Waals surface area (Å²) < 4.78 is 5.11. The summed E-state index contributed by atoms with van der Waals surface area (Å²) in [7, 11) is 0. The Bertz CT molecular complexity index is 630. The van der Waals surface area contributed by atoms with Crippen molar-refractivity contribution in [2.45, 2.75) is 20.8 Å². The van der Waals surface area contributed by atoms with Gasteiger partial charge >= 0.3 is 0 Å². The SMILES string of the molecule is CCN(CC)c1ccc(NC(=O)c2ccc(N)o2)c(C)c1. The van der Waals surface area contributed by atoms with Crippen LogP contribution in [0.15, 0.2) is 34.7 Å². The Morgan fingerprint density at radius 3 is 2.48 bits per heavy atom. The molecule has 0 fully saturated rings. The van der Waals surface area contributed by atoms with Crippen LogP contribution in [0.4, 0.5) is 17.3 Å². The first-order valence-corrected chi connectivity index (χ1v) is 7.07. The highest BCUT2D eigenvalue weighted by Gasteiger charge is 2.12. The number of furan rings is 1. The summed E-state index contributed by atoms with van der Waals surface area (Å²) in [5.74, 6) is 0.138. The van der Waals surface area contributed by atoms with Crippen molar-refractivity contribution in [3.05, 3.63) is 41.7 Å². The standard InChI is InChI=1S/C16H21N3O2/c1-4-19(5-2)12-6-7-13(11(3)10-12)18-16(20)14-8-9-15(17)21-14/h6-10H,4-5,17H2,1-3H3,(H,18,20). The van der Waals surface area contributed by atoms with Crippen LogP contribution in [0.1, 0.15) is 30.0 Å². The predicted octanol–water partition coefficient (Wildman–Crippen LogP) is 3.27. The highest BCUT2D eigenvalue weighted by atomic mass is 16.4. The van der Waals surface area contributed by atoms with Crippen molar-refractivity contribution in [1.82, 2.24) is 0 Å². The Labute approximate surface area is 124 Å². The van der Waals surface area contributed by atoms with E-state index in [0.717, 1.165) is 30.0 Å². The van der Waals surface area contributed by atoms with Gasteiger partial charge in [0.25, 0.3) is 5.91 Å². The first-order chi connectivity index (χ1) is 10.0. The lowest BCUT2D eigenvalue weighted by atomic mass is 10.1. The van der Waals surface area contributed by atoms with Gasteiger partial charge in [-0.15, -0.1) is 0 Å².